The molecule has 7 aromatic rings. The summed E-state index contributed by atoms with van der Waals surface area (Å²) in [5.74, 6) is 0.708. The number of amides is 4. The Labute approximate surface area is 438 Å². The molecule has 0 radical (unpaired) electrons. The highest BCUT2D eigenvalue weighted by molar-refractivity contribution is 7.13. The fourth-order valence-corrected chi connectivity index (χ4v) is 9.49. The molecule has 1 aliphatic heterocycles. The number of fused-ring (bicyclic) bond motifs is 1. The average Bonchev–Trinajstić information content (AvgIpc) is 4.21. The molecule has 3 aromatic carbocycles. The average molecular weight is 1040 g/mol. The fraction of sp³-hybridized carbons (Fsp3) is 0.370. The largest absolute Gasteiger partial charge is 0.497 e. The van der Waals surface area contributed by atoms with Crippen LogP contribution in [0.2, 0.25) is 0 Å². The number of β-amino-alcohol motifs (C(OH)–C–C–N with tert-alkyl or cyclic N) is 1. The maximum absolute atomic E-state index is 14.0. The van der Waals surface area contributed by atoms with Gasteiger partial charge in [0, 0.05) is 56.0 Å². The molecular formula is C54H63N11O9S. The summed E-state index contributed by atoms with van der Waals surface area (Å²) in [6.45, 7) is 8.72. The van der Waals surface area contributed by atoms with Gasteiger partial charge in [-0.25, -0.2) is 15.0 Å². The second-order valence-corrected chi connectivity index (χ2v) is 20.2. The minimum atomic E-state index is -0.975. The second-order valence-electron chi connectivity index (χ2n) is 19.3. The quantitative estimate of drug-likeness (QED) is 0.0542. The highest BCUT2D eigenvalue weighted by Crippen LogP contribution is 2.32. The van der Waals surface area contributed by atoms with E-state index < -0.39 is 35.4 Å². The number of nitrogens with zero attached hydrogens (tertiary/aromatic N) is 7. The molecule has 0 spiro atoms. The number of aromatic nitrogens is 6. The third kappa shape index (κ3) is 13.5. The van der Waals surface area contributed by atoms with Crippen molar-refractivity contribution in [1.82, 2.24) is 50.1 Å². The van der Waals surface area contributed by atoms with Gasteiger partial charge in [-0.05, 0) is 64.9 Å². The molecule has 4 amide bonds. The number of anilines is 1. The molecular weight excluding hydrogens is 979 g/mol. The molecule has 0 saturated carbocycles. The number of carbonyl (C=O) groups is 4. The third-order valence-corrected chi connectivity index (χ3v) is 13.7. The summed E-state index contributed by atoms with van der Waals surface area (Å²) in [4.78, 5) is 69.5. The number of aryl methyl sites for hydroxylation is 1. The number of nitrogen functional groups attached to an aromatic ring is 1. The van der Waals surface area contributed by atoms with Crippen LogP contribution in [0.4, 0.5) is 5.95 Å². The molecule has 8 rings (SSSR count). The van der Waals surface area contributed by atoms with Crippen molar-refractivity contribution in [2.24, 2.45) is 5.41 Å². The molecule has 20 nitrogen and oxygen atoms in total. The second kappa shape index (κ2) is 24.0. The lowest BCUT2D eigenvalue weighted by molar-refractivity contribution is -0.144. The summed E-state index contributed by atoms with van der Waals surface area (Å²) in [7, 11) is 3.22. The number of methoxy groups -OCH3 is 2. The van der Waals surface area contributed by atoms with Crippen molar-refractivity contribution in [2.45, 2.75) is 85.0 Å². The summed E-state index contributed by atoms with van der Waals surface area (Å²) in [6, 6.07) is 21.2. The first kappa shape index (κ1) is 53.4. The molecule has 1 saturated heterocycles. The number of benzene rings is 3. The summed E-state index contributed by atoms with van der Waals surface area (Å²) < 4.78 is 25.9. The predicted molar refractivity (Wildman–Crippen MR) is 283 cm³/mol. The molecule has 394 valence electrons. The Kier molecular flexibility index (Phi) is 17.1. The zero-order valence-electron chi connectivity index (χ0n) is 42.9. The van der Waals surface area contributed by atoms with E-state index in [1.54, 1.807) is 49.7 Å². The van der Waals surface area contributed by atoms with Crippen LogP contribution in [0, 0.1) is 12.3 Å². The zero-order chi connectivity index (χ0) is 53.2. The first-order valence-electron chi connectivity index (χ1n) is 24.5. The van der Waals surface area contributed by atoms with Gasteiger partial charge in [0.2, 0.25) is 29.6 Å². The maximum Gasteiger partial charge on any atom is 0.246 e. The number of carbonyl (C=O) groups excluding carboxylic acids is 4. The van der Waals surface area contributed by atoms with Crippen LogP contribution < -0.4 is 35.9 Å². The minimum Gasteiger partial charge on any atom is -0.497 e. The monoisotopic (exact) mass is 1040 g/mol. The van der Waals surface area contributed by atoms with E-state index >= 15 is 0 Å². The van der Waals surface area contributed by atoms with Crippen LogP contribution in [-0.4, -0.2) is 122 Å². The fourth-order valence-electron chi connectivity index (χ4n) is 8.68. The minimum absolute atomic E-state index is 0.0322. The van der Waals surface area contributed by atoms with Gasteiger partial charge in [0.25, 0.3) is 0 Å². The summed E-state index contributed by atoms with van der Waals surface area (Å²) in [5.41, 5.74) is 14.9. The van der Waals surface area contributed by atoms with E-state index in [2.05, 4.69) is 31.0 Å². The molecule has 0 unspecified atom stereocenters. The highest BCUT2D eigenvalue weighted by atomic mass is 32.1. The Morgan fingerprint density at radius 3 is 2.35 bits per heavy atom. The molecule has 4 aromatic heterocycles. The Morgan fingerprint density at radius 2 is 1.63 bits per heavy atom. The van der Waals surface area contributed by atoms with E-state index in [1.165, 1.54) is 9.58 Å². The van der Waals surface area contributed by atoms with Crippen molar-refractivity contribution in [3.05, 3.63) is 119 Å². The van der Waals surface area contributed by atoms with Crippen molar-refractivity contribution in [3.8, 4) is 38.8 Å². The lowest BCUT2D eigenvalue weighted by atomic mass is 9.85. The molecule has 6 N–H and O–H groups in total. The standard InChI is InChI=1S/C54H63N11O9S/c1-33-48(75-32-59-33)37-12-7-34(8-13-37)24-58-51(69)43-23-40(66)29-64(43)52(70)49(54(2,3)4)62-46(67)17-19-73-20-18-56-47(68)30-63-28-39(26-60-63)38-22-42-50(57-25-38)65(53(55)61-42)27-36-11-16-44(45(21-36)72-6)74-31-35-9-14-41(71-5)15-10-35/h7-16,21-22,25-26,28,32,40,43,49,66H,17-20,23-24,27,29-31H2,1-6H3,(H2,55,61)(H,56,68)(H,58,69)(H,62,67)/t40-,43+,49-/m1/s1. The van der Waals surface area contributed by atoms with Crippen molar-refractivity contribution in [1.29, 1.82) is 0 Å². The van der Waals surface area contributed by atoms with Gasteiger partial charge in [-0.2, -0.15) is 5.10 Å². The van der Waals surface area contributed by atoms with E-state index in [4.69, 9.17) is 29.7 Å². The van der Waals surface area contributed by atoms with Crippen LogP contribution in [0.25, 0.3) is 32.7 Å². The number of ether oxygens (including phenoxy) is 4. The number of thiazole rings is 1. The summed E-state index contributed by atoms with van der Waals surface area (Å²) in [6.07, 6.45) is 4.24. The lowest BCUT2D eigenvalue weighted by Crippen LogP contribution is -2.57. The first-order valence-corrected chi connectivity index (χ1v) is 25.4. The van der Waals surface area contributed by atoms with Crippen molar-refractivity contribution in [3.63, 3.8) is 0 Å². The number of pyridine rings is 1. The predicted octanol–water partition coefficient (Wildman–Crippen LogP) is 5.29. The number of hydrogen-bond acceptors (Lipinski definition) is 15. The van der Waals surface area contributed by atoms with Gasteiger partial charge in [0.05, 0.1) is 62.4 Å². The Balaban J connectivity index is 0.758. The number of imidazole rings is 1. The van der Waals surface area contributed by atoms with Gasteiger partial charge < -0.3 is 50.6 Å². The van der Waals surface area contributed by atoms with Crippen LogP contribution >= 0.6 is 11.3 Å². The lowest BCUT2D eigenvalue weighted by Gasteiger charge is -2.35. The third-order valence-electron chi connectivity index (χ3n) is 12.8. The van der Waals surface area contributed by atoms with Gasteiger partial charge in [0.1, 0.15) is 36.5 Å². The van der Waals surface area contributed by atoms with Crippen LogP contribution in [0.3, 0.4) is 0 Å². The molecule has 1 aliphatic rings. The highest BCUT2D eigenvalue weighted by Gasteiger charge is 2.44. The van der Waals surface area contributed by atoms with Crippen LogP contribution in [0.5, 0.6) is 17.2 Å². The maximum atomic E-state index is 14.0. The van der Waals surface area contributed by atoms with E-state index in [0.717, 1.165) is 49.7 Å². The Morgan fingerprint density at radius 1 is 0.867 bits per heavy atom. The van der Waals surface area contributed by atoms with Gasteiger partial charge in [0.15, 0.2) is 17.1 Å². The first-order chi connectivity index (χ1) is 36.1. The van der Waals surface area contributed by atoms with Gasteiger partial charge in [-0.3, -0.25) is 28.4 Å². The van der Waals surface area contributed by atoms with Gasteiger partial charge in [-0.1, -0.05) is 63.2 Å². The molecule has 1 fully saturated rings. The van der Waals surface area contributed by atoms with Gasteiger partial charge >= 0.3 is 0 Å². The Hall–Kier alpha value is -7.88. The Bertz CT molecular complexity index is 3110. The molecule has 0 aliphatic carbocycles. The number of aliphatic hydroxyl groups excluding tert-OH is 1. The zero-order valence-corrected chi connectivity index (χ0v) is 43.7. The molecule has 21 heteroatoms. The molecule has 5 heterocycles. The van der Waals surface area contributed by atoms with Crippen LogP contribution in [-0.2, 0) is 50.2 Å². The van der Waals surface area contributed by atoms with E-state index in [1.807, 2.05) is 105 Å². The van der Waals surface area contributed by atoms with E-state index in [-0.39, 0.29) is 64.0 Å². The van der Waals surface area contributed by atoms with Crippen LogP contribution in [0.15, 0.2) is 96.9 Å². The number of nitrogens with one attached hydrogen (secondary N) is 3. The van der Waals surface area contributed by atoms with Crippen LogP contribution in [0.1, 0.15) is 56.0 Å². The smallest absolute Gasteiger partial charge is 0.246 e. The van der Waals surface area contributed by atoms with E-state index in [9.17, 15) is 24.3 Å². The van der Waals surface area contributed by atoms with E-state index in [0.29, 0.717) is 41.8 Å². The number of nitrogens with two attached hydrogens (primary N) is 1. The SMILES string of the molecule is COc1ccc(COc2ccc(Cn3c(N)nc4cc(-c5cnn(CC(=O)NCCOCCC(=O)N[C@H](C(=O)N6C[C@H](O)C[C@H]6C(=O)NCc6ccc(-c7scnc7C)cc6)C(C)(C)C)c5)cnc43)cc2OC)cc1. The number of rotatable bonds is 22. The number of likely N-dealkylation sites (tertiary alicyclic amines) is 1. The summed E-state index contributed by atoms with van der Waals surface area (Å²) in [5, 5.41) is 23.5. The molecule has 75 heavy (non-hydrogen) atoms. The number of aliphatic hydroxyl groups is 1. The number of hydrogen-bond donors (Lipinski definition) is 5. The summed E-state index contributed by atoms with van der Waals surface area (Å²) >= 11 is 1.56. The van der Waals surface area contributed by atoms with Gasteiger partial charge in [-0.15, -0.1) is 11.3 Å². The van der Waals surface area contributed by atoms with Crippen molar-refractivity contribution >= 4 is 52.1 Å². The molecule has 3 atom stereocenters. The normalized spacial score (nSPS) is 14.9. The molecule has 0 bridgehead atoms. The topological polar surface area (TPSA) is 252 Å². The van der Waals surface area contributed by atoms with Crippen molar-refractivity contribution in [2.75, 3.05) is 46.3 Å². The van der Waals surface area contributed by atoms with Crippen molar-refractivity contribution < 1.29 is 43.2 Å².